The summed E-state index contributed by atoms with van der Waals surface area (Å²) in [5.41, 5.74) is 17.7. The second kappa shape index (κ2) is 12.5. The number of hydrogen-bond donors (Lipinski definition) is 2. The van der Waals surface area contributed by atoms with Gasteiger partial charge in [0, 0.05) is 94.0 Å². The Balaban J connectivity index is 1.33. The van der Waals surface area contributed by atoms with Crippen molar-refractivity contribution in [1.82, 2.24) is 39.0 Å². The summed E-state index contributed by atoms with van der Waals surface area (Å²) in [6.07, 6.45) is 15.9. The number of nitrogens with one attached hydrogen (secondary N) is 2. The summed E-state index contributed by atoms with van der Waals surface area (Å²) >= 11 is 0. The van der Waals surface area contributed by atoms with Gasteiger partial charge in [0.2, 0.25) is 0 Å². The molecule has 9 heterocycles. The van der Waals surface area contributed by atoms with Crippen LogP contribution in [-0.2, 0) is 14.1 Å². The molecule has 0 aliphatic carbocycles. The summed E-state index contributed by atoms with van der Waals surface area (Å²) in [4.78, 5) is 27.3. The number of benzene rings is 2. The van der Waals surface area contributed by atoms with Crippen LogP contribution in [0.15, 0.2) is 134 Å². The van der Waals surface area contributed by atoms with E-state index in [1.165, 1.54) is 10.8 Å². The first-order valence-electron chi connectivity index (χ1n) is 18.7. The van der Waals surface area contributed by atoms with E-state index >= 15 is 0 Å². The summed E-state index contributed by atoms with van der Waals surface area (Å²) in [5.74, 6) is 0. The number of H-pyrrole nitrogens is 2. The van der Waals surface area contributed by atoms with E-state index in [-0.39, 0.29) is 0 Å². The largest absolute Gasteiger partial charge is 0.354 e. The summed E-state index contributed by atoms with van der Waals surface area (Å²) in [7, 11) is 4.25. The average Bonchev–Trinajstić information content (AvgIpc) is 4.11. The van der Waals surface area contributed by atoms with E-state index in [4.69, 9.17) is 9.97 Å². The van der Waals surface area contributed by atoms with Gasteiger partial charge in [0.25, 0.3) is 0 Å². The molecule has 8 bridgehead atoms. The maximum Gasteiger partial charge on any atom is 0.0752 e. The Morgan fingerprint density at radius 3 is 1.16 bits per heavy atom. The van der Waals surface area contributed by atoms with Crippen LogP contribution < -0.4 is 0 Å². The number of rotatable bonds is 4. The first kappa shape index (κ1) is 31.9. The van der Waals surface area contributed by atoms with Crippen LogP contribution in [0.25, 0.3) is 113 Å². The highest BCUT2D eigenvalue weighted by Crippen LogP contribution is 2.40. The van der Waals surface area contributed by atoms with Gasteiger partial charge in [0.1, 0.15) is 0 Å². The van der Waals surface area contributed by atoms with Crippen LogP contribution in [0.2, 0.25) is 0 Å². The van der Waals surface area contributed by atoms with Crippen molar-refractivity contribution >= 4 is 68.2 Å². The fraction of sp³-hybridized carbons (Fsp3) is 0.0417. The van der Waals surface area contributed by atoms with Gasteiger partial charge in [-0.1, -0.05) is 36.4 Å². The topological polar surface area (TPSA) is 93.0 Å². The molecule has 0 radical (unpaired) electrons. The van der Waals surface area contributed by atoms with Crippen molar-refractivity contribution in [2.45, 2.75) is 0 Å². The maximum atomic E-state index is 5.46. The molecule has 56 heavy (non-hydrogen) atoms. The molecule has 0 amide bonds. The molecule has 8 nitrogen and oxygen atoms in total. The van der Waals surface area contributed by atoms with Crippen molar-refractivity contribution in [1.29, 1.82) is 0 Å². The molecule has 9 aromatic rings. The van der Waals surface area contributed by atoms with Crippen LogP contribution >= 0.6 is 0 Å². The van der Waals surface area contributed by atoms with E-state index in [9.17, 15) is 0 Å². The SMILES string of the molecule is Cn1c(-c2c3nc(c(-c4ccncc4)c4ccc([nH]4)c(-c4cc5ccccc5n4C)c4nc(c(-c5ccncc5)c5ccc2[nH]5)C=C4)C=C3)cc2ccccc21. The van der Waals surface area contributed by atoms with Crippen LogP contribution in [0.5, 0.6) is 0 Å². The third-order valence-electron chi connectivity index (χ3n) is 11.1. The van der Waals surface area contributed by atoms with Gasteiger partial charge in [-0.2, -0.15) is 0 Å². The number of aromatic amines is 2. The molecule has 11 rings (SSSR count). The average molecular weight is 723 g/mol. The van der Waals surface area contributed by atoms with E-state index in [0.29, 0.717) is 0 Å². The molecular formula is C48H34N8. The predicted octanol–water partition coefficient (Wildman–Crippen LogP) is 11.1. The van der Waals surface area contributed by atoms with Crippen LogP contribution in [-0.4, -0.2) is 39.0 Å². The lowest BCUT2D eigenvalue weighted by atomic mass is 10.1. The lowest BCUT2D eigenvalue weighted by Gasteiger charge is -2.08. The van der Waals surface area contributed by atoms with Gasteiger partial charge in [-0.25, -0.2) is 9.97 Å². The second-order valence-electron chi connectivity index (χ2n) is 14.3. The molecular weight excluding hydrogens is 689 g/mol. The Bertz CT molecular complexity index is 3040. The smallest absolute Gasteiger partial charge is 0.0752 e. The van der Waals surface area contributed by atoms with E-state index in [2.05, 4.69) is 152 Å². The van der Waals surface area contributed by atoms with E-state index in [1.807, 2.05) is 49.1 Å². The number of fused-ring (bicyclic) bond motifs is 10. The number of aromatic nitrogens is 8. The molecule has 0 spiro atoms. The molecule has 2 aliphatic rings. The highest BCUT2D eigenvalue weighted by molar-refractivity contribution is 6.01. The molecule has 2 aliphatic heterocycles. The van der Waals surface area contributed by atoms with Gasteiger partial charge in [0.15, 0.2) is 0 Å². The fourth-order valence-electron chi connectivity index (χ4n) is 8.45. The zero-order valence-corrected chi connectivity index (χ0v) is 30.7. The Kier molecular flexibility index (Phi) is 7.12. The minimum Gasteiger partial charge on any atom is -0.354 e. The number of aryl methyl sites for hydroxylation is 2. The van der Waals surface area contributed by atoms with Crippen LogP contribution in [0.1, 0.15) is 22.8 Å². The Labute approximate surface area is 321 Å². The highest BCUT2D eigenvalue weighted by atomic mass is 15.0. The Hall–Kier alpha value is -7.58. The van der Waals surface area contributed by atoms with Gasteiger partial charge in [-0.3, -0.25) is 9.97 Å². The van der Waals surface area contributed by atoms with Crippen molar-refractivity contribution < 1.29 is 0 Å². The second-order valence-corrected chi connectivity index (χ2v) is 14.3. The molecule has 2 N–H and O–H groups in total. The molecule has 7 aromatic heterocycles. The molecule has 0 fully saturated rings. The maximum absolute atomic E-state index is 5.46. The minimum absolute atomic E-state index is 0.860. The molecule has 2 aromatic carbocycles. The normalized spacial score (nSPS) is 12.3. The number of pyridine rings is 2. The summed E-state index contributed by atoms with van der Waals surface area (Å²) in [6.45, 7) is 0. The first-order chi connectivity index (χ1) is 27.6. The zero-order chi connectivity index (χ0) is 37.3. The number of hydrogen-bond acceptors (Lipinski definition) is 4. The van der Waals surface area contributed by atoms with Crippen LogP contribution in [0, 0.1) is 0 Å². The molecule has 0 unspecified atom stereocenters. The molecule has 8 heteroatoms. The van der Waals surface area contributed by atoms with Crippen molar-refractivity contribution in [2.75, 3.05) is 0 Å². The van der Waals surface area contributed by atoms with Crippen LogP contribution in [0.4, 0.5) is 0 Å². The molecule has 0 saturated carbocycles. The Morgan fingerprint density at radius 2 is 0.768 bits per heavy atom. The molecule has 266 valence electrons. The summed E-state index contributed by atoms with van der Waals surface area (Å²) in [6, 6.07) is 38.3. The summed E-state index contributed by atoms with van der Waals surface area (Å²) < 4.78 is 4.51. The fourth-order valence-corrected chi connectivity index (χ4v) is 8.45. The standard InChI is InChI=1S/C48H34N8/c1-55-41-9-5-3-7-31(41)27-43(55)47-37-15-11-33(51-37)45(29-19-23-49-24-20-29)35-13-17-39(53-35)48(44-28-32-8-4-6-10-42(32)56(44)2)40-18-14-36(54-40)46(30-21-25-50-26-22-30)34-12-16-38(47)52-34/h3-28,51,54H,1-2H3. The van der Waals surface area contributed by atoms with E-state index in [1.54, 1.807) is 0 Å². The van der Waals surface area contributed by atoms with Gasteiger partial charge in [-0.05, 0) is 108 Å². The number of nitrogens with zero attached hydrogens (tertiary/aromatic N) is 6. The highest BCUT2D eigenvalue weighted by Gasteiger charge is 2.21. The zero-order valence-electron chi connectivity index (χ0n) is 30.7. The van der Waals surface area contributed by atoms with Gasteiger partial charge >= 0.3 is 0 Å². The van der Waals surface area contributed by atoms with Gasteiger partial charge < -0.3 is 19.1 Å². The van der Waals surface area contributed by atoms with E-state index < -0.39 is 0 Å². The molecule has 0 atom stereocenters. The minimum atomic E-state index is 0.860. The van der Waals surface area contributed by atoms with Crippen LogP contribution in [0.3, 0.4) is 0 Å². The van der Waals surface area contributed by atoms with E-state index in [0.717, 1.165) is 101 Å². The quantitative estimate of drug-likeness (QED) is 0.189. The lowest BCUT2D eigenvalue weighted by Crippen LogP contribution is -1.95. The van der Waals surface area contributed by atoms with Crippen molar-refractivity contribution in [3.63, 3.8) is 0 Å². The summed E-state index contributed by atoms with van der Waals surface area (Å²) in [5, 5.41) is 2.34. The first-order valence-corrected chi connectivity index (χ1v) is 18.7. The number of para-hydroxylation sites is 2. The van der Waals surface area contributed by atoms with Crippen molar-refractivity contribution in [2.24, 2.45) is 14.1 Å². The lowest BCUT2D eigenvalue weighted by molar-refractivity contribution is 0.977. The Morgan fingerprint density at radius 1 is 0.411 bits per heavy atom. The van der Waals surface area contributed by atoms with Crippen molar-refractivity contribution in [3.05, 3.63) is 157 Å². The van der Waals surface area contributed by atoms with Crippen molar-refractivity contribution in [3.8, 4) is 44.8 Å². The monoisotopic (exact) mass is 722 g/mol. The van der Waals surface area contributed by atoms with Gasteiger partial charge in [0.05, 0.1) is 45.2 Å². The third-order valence-corrected chi connectivity index (χ3v) is 11.1. The predicted molar refractivity (Wildman–Crippen MR) is 229 cm³/mol. The molecule has 0 saturated heterocycles. The van der Waals surface area contributed by atoms with Gasteiger partial charge in [-0.15, -0.1) is 0 Å². The third kappa shape index (κ3) is 5.00.